The summed E-state index contributed by atoms with van der Waals surface area (Å²) in [6.45, 7) is 11.4. The van der Waals surface area contributed by atoms with E-state index in [9.17, 15) is 14.4 Å². The number of carbonyl (C=O) groups excluding carboxylic acids is 3. The van der Waals surface area contributed by atoms with Crippen LogP contribution in [0.25, 0.3) is 0 Å². The van der Waals surface area contributed by atoms with Crippen molar-refractivity contribution in [2.24, 2.45) is 11.8 Å². The van der Waals surface area contributed by atoms with E-state index >= 15 is 0 Å². The summed E-state index contributed by atoms with van der Waals surface area (Å²) in [7, 11) is 0. The smallest absolute Gasteiger partial charge is 0.306 e. The van der Waals surface area contributed by atoms with E-state index in [1.807, 2.05) is 0 Å². The van der Waals surface area contributed by atoms with Crippen LogP contribution >= 0.6 is 0 Å². The van der Waals surface area contributed by atoms with Gasteiger partial charge in [0.15, 0.2) is 6.10 Å². The van der Waals surface area contributed by atoms with Gasteiger partial charge in [0.2, 0.25) is 0 Å². The Morgan fingerprint density at radius 1 is 0.302 bits per heavy atom. The molecule has 0 rings (SSSR count). The van der Waals surface area contributed by atoms with E-state index < -0.39 is 6.10 Å². The van der Waals surface area contributed by atoms with Crippen molar-refractivity contribution in [3.63, 3.8) is 0 Å². The predicted octanol–water partition coefficient (Wildman–Crippen LogP) is 18.5. The summed E-state index contributed by atoms with van der Waals surface area (Å²) in [5, 5.41) is 0. The predicted molar refractivity (Wildman–Crippen MR) is 270 cm³/mol. The minimum absolute atomic E-state index is 0.0628. The van der Waals surface area contributed by atoms with Gasteiger partial charge in [-0.3, -0.25) is 14.4 Å². The molecular formula is C57H110O6. The summed E-state index contributed by atoms with van der Waals surface area (Å²) in [5.74, 6) is 0.844. The molecule has 0 N–H and O–H groups in total. The highest BCUT2D eigenvalue weighted by Crippen LogP contribution is 2.18. The van der Waals surface area contributed by atoms with Gasteiger partial charge in [0.25, 0.3) is 0 Å². The van der Waals surface area contributed by atoms with E-state index in [1.165, 1.54) is 205 Å². The zero-order chi connectivity index (χ0) is 46.1. The second-order valence-electron chi connectivity index (χ2n) is 20.5. The molecule has 374 valence electrons. The lowest BCUT2D eigenvalue weighted by atomic mass is 10.0. The van der Waals surface area contributed by atoms with Crippen LogP contribution in [0.3, 0.4) is 0 Å². The Bertz CT molecular complexity index is 962. The van der Waals surface area contributed by atoms with Crippen molar-refractivity contribution in [2.75, 3.05) is 13.2 Å². The molecule has 6 nitrogen and oxygen atoms in total. The molecule has 0 aliphatic carbocycles. The highest BCUT2D eigenvalue weighted by Gasteiger charge is 2.19. The normalized spacial score (nSPS) is 12.0. The van der Waals surface area contributed by atoms with Crippen LogP contribution in [-0.4, -0.2) is 37.2 Å². The molecule has 0 aromatic heterocycles. The van der Waals surface area contributed by atoms with E-state index in [0.717, 1.165) is 69.6 Å². The molecule has 1 atom stereocenters. The van der Waals surface area contributed by atoms with Gasteiger partial charge in [-0.25, -0.2) is 0 Å². The van der Waals surface area contributed by atoms with Crippen molar-refractivity contribution in [2.45, 2.75) is 323 Å². The maximum absolute atomic E-state index is 12.8. The molecule has 63 heavy (non-hydrogen) atoms. The number of ether oxygens (including phenoxy) is 3. The third-order valence-corrected chi connectivity index (χ3v) is 13.0. The molecule has 0 saturated carbocycles. The Morgan fingerprint density at radius 3 is 0.778 bits per heavy atom. The highest BCUT2D eigenvalue weighted by atomic mass is 16.6. The maximum Gasteiger partial charge on any atom is 0.306 e. The Morgan fingerprint density at radius 2 is 0.524 bits per heavy atom. The van der Waals surface area contributed by atoms with Crippen LogP contribution in [0.4, 0.5) is 0 Å². The second kappa shape index (κ2) is 49.8. The summed E-state index contributed by atoms with van der Waals surface area (Å²) in [5.41, 5.74) is 0. The van der Waals surface area contributed by atoms with Crippen molar-refractivity contribution in [3.8, 4) is 0 Å². The van der Waals surface area contributed by atoms with E-state index in [1.54, 1.807) is 0 Å². The lowest BCUT2D eigenvalue weighted by Crippen LogP contribution is -2.30. The van der Waals surface area contributed by atoms with Crippen molar-refractivity contribution >= 4 is 17.9 Å². The molecule has 0 bridgehead atoms. The SMILES string of the molecule is CCCCCCCCCCCCCCC(=O)O[C@@H](COC(=O)CCCCCCCCCCCCCCCCC(C)C)COC(=O)CCCCCCCCCCCCCCCC(C)C. The first-order valence-electron chi connectivity index (χ1n) is 28.2. The van der Waals surface area contributed by atoms with E-state index in [2.05, 4.69) is 34.6 Å². The van der Waals surface area contributed by atoms with E-state index in [4.69, 9.17) is 14.2 Å². The summed E-state index contributed by atoms with van der Waals surface area (Å²) in [4.78, 5) is 38.1. The fraction of sp³-hybridized carbons (Fsp3) is 0.947. The number of esters is 3. The molecule has 0 aliphatic rings. The van der Waals surface area contributed by atoms with Crippen LogP contribution in [0.1, 0.15) is 317 Å². The number of hydrogen-bond donors (Lipinski definition) is 0. The Labute approximate surface area is 393 Å². The molecule has 0 radical (unpaired) electrons. The molecule has 0 heterocycles. The third kappa shape index (κ3) is 51.3. The van der Waals surface area contributed by atoms with Gasteiger partial charge >= 0.3 is 17.9 Å². The molecule has 0 fully saturated rings. The largest absolute Gasteiger partial charge is 0.462 e. The molecule has 0 saturated heterocycles. The molecule has 0 aromatic rings. The minimum atomic E-state index is -0.762. The molecule has 6 heteroatoms. The minimum Gasteiger partial charge on any atom is -0.462 e. The fourth-order valence-corrected chi connectivity index (χ4v) is 8.70. The van der Waals surface area contributed by atoms with Gasteiger partial charge in [-0.15, -0.1) is 0 Å². The van der Waals surface area contributed by atoms with Gasteiger partial charge in [0.05, 0.1) is 0 Å². The van der Waals surface area contributed by atoms with Crippen molar-refractivity contribution in [1.82, 2.24) is 0 Å². The maximum atomic E-state index is 12.8. The average Bonchev–Trinajstić information content (AvgIpc) is 3.25. The summed E-state index contributed by atoms with van der Waals surface area (Å²) in [6.07, 6.45) is 52.3. The zero-order valence-corrected chi connectivity index (χ0v) is 43.2. The van der Waals surface area contributed by atoms with Gasteiger partial charge in [-0.2, -0.15) is 0 Å². The lowest BCUT2D eigenvalue weighted by molar-refractivity contribution is -0.167. The Hall–Kier alpha value is -1.59. The fourth-order valence-electron chi connectivity index (χ4n) is 8.70. The first-order valence-corrected chi connectivity index (χ1v) is 28.2. The highest BCUT2D eigenvalue weighted by molar-refractivity contribution is 5.71. The van der Waals surface area contributed by atoms with Crippen LogP contribution in [0.15, 0.2) is 0 Å². The van der Waals surface area contributed by atoms with Crippen molar-refractivity contribution in [1.29, 1.82) is 0 Å². The number of hydrogen-bond acceptors (Lipinski definition) is 6. The third-order valence-electron chi connectivity index (χ3n) is 13.0. The Balaban J connectivity index is 4.27. The second-order valence-corrected chi connectivity index (χ2v) is 20.5. The summed E-state index contributed by atoms with van der Waals surface area (Å²) < 4.78 is 16.9. The quantitative estimate of drug-likeness (QED) is 0.0344. The Kier molecular flexibility index (Phi) is 48.6. The first-order chi connectivity index (χ1) is 30.7. The van der Waals surface area contributed by atoms with Gasteiger partial charge in [0, 0.05) is 19.3 Å². The van der Waals surface area contributed by atoms with Crippen molar-refractivity contribution < 1.29 is 28.6 Å². The molecule has 0 spiro atoms. The standard InChI is InChI=1S/C57H110O6/c1-6-7-8-9-10-11-12-22-29-34-39-44-49-57(60)63-54(51-62-56(59)48-43-38-33-28-24-19-15-17-21-26-31-36-41-46-53(4)5)50-61-55(58)47-42-37-32-27-23-18-14-13-16-20-25-30-35-40-45-52(2)3/h52-54H,6-51H2,1-5H3/t54-/m0/s1. The molecule has 0 amide bonds. The molecule has 0 aliphatic heterocycles. The van der Waals surface area contributed by atoms with Gasteiger partial charge in [-0.1, -0.05) is 279 Å². The summed E-state index contributed by atoms with van der Waals surface area (Å²) >= 11 is 0. The van der Waals surface area contributed by atoms with Gasteiger partial charge in [0.1, 0.15) is 13.2 Å². The van der Waals surface area contributed by atoms with Gasteiger partial charge < -0.3 is 14.2 Å². The molecule has 0 aromatic carbocycles. The van der Waals surface area contributed by atoms with Crippen LogP contribution in [0, 0.1) is 11.8 Å². The van der Waals surface area contributed by atoms with Gasteiger partial charge in [-0.05, 0) is 31.1 Å². The van der Waals surface area contributed by atoms with Crippen LogP contribution in [0.5, 0.6) is 0 Å². The molecular weight excluding hydrogens is 781 g/mol. The van der Waals surface area contributed by atoms with Crippen LogP contribution in [0.2, 0.25) is 0 Å². The van der Waals surface area contributed by atoms with Crippen molar-refractivity contribution in [3.05, 3.63) is 0 Å². The van der Waals surface area contributed by atoms with E-state index in [-0.39, 0.29) is 31.1 Å². The number of unbranched alkanes of at least 4 members (excludes halogenated alkanes) is 36. The number of rotatable bonds is 51. The van der Waals surface area contributed by atoms with E-state index in [0.29, 0.717) is 19.3 Å². The average molecular weight is 892 g/mol. The monoisotopic (exact) mass is 891 g/mol. The number of carbonyl (C=O) groups is 3. The summed E-state index contributed by atoms with van der Waals surface area (Å²) in [6, 6.07) is 0. The lowest BCUT2D eigenvalue weighted by Gasteiger charge is -2.18. The van der Waals surface area contributed by atoms with Crippen LogP contribution < -0.4 is 0 Å². The first kappa shape index (κ1) is 61.4. The topological polar surface area (TPSA) is 78.9 Å². The molecule has 0 unspecified atom stereocenters. The van der Waals surface area contributed by atoms with Crippen LogP contribution in [-0.2, 0) is 28.6 Å². The zero-order valence-electron chi connectivity index (χ0n) is 43.2.